The van der Waals surface area contributed by atoms with Gasteiger partial charge in [0.1, 0.15) is 9.84 Å². The number of rotatable bonds is 7. The van der Waals surface area contributed by atoms with Crippen LogP contribution < -0.4 is 10.1 Å². The van der Waals surface area contributed by atoms with Gasteiger partial charge in [-0.1, -0.05) is 6.92 Å². The molecule has 0 spiro atoms. The molecule has 102 valence electrons. The van der Waals surface area contributed by atoms with Gasteiger partial charge in [-0.15, -0.1) is 0 Å². The van der Waals surface area contributed by atoms with Crippen molar-refractivity contribution in [2.45, 2.75) is 13.3 Å². The van der Waals surface area contributed by atoms with Gasteiger partial charge in [0.2, 0.25) is 0 Å². The number of hydrogen-bond donors (Lipinski definition) is 1. The van der Waals surface area contributed by atoms with Crippen LogP contribution in [-0.2, 0) is 9.84 Å². The lowest BCUT2D eigenvalue weighted by Gasteiger charge is -2.08. The van der Waals surface area contributed by atoms with Crippen molar-refractivity contribution in [3.63, 3.8) is 0 Å². The Hall–Kier alpha value is -1.30. The summed E-state index contributed by atoms with van der Waals surface area (Å²) in [5, 5.41) is 3.03. The van der Waals surface area contributed by atoms with Crippen LogP contribution in [0.4, 0.5) is 10.1 Å². The van der Waals surface area contributed by atoms with Gasteiger partial charge in [0, 0.05) is 24.1 Å². The molecule has 0 fully saturated rings. The van der Waals surface area contributed by atoms with E-state index >= 15 is 0 Å². The first kappa shape index (κ1) is 14.8. The quantitative estimate of drug-likeness (QED) is 0.774. The summed E-state index contributed by atoms with van der Waals surface area (Å²) in [6.45, 7) is 2.15. The lowest BCUT2D eigenvalue weighted by atomic mass is 10.3. The van der Waals surface area contributed by atoms with Crippen LogP contribution in [0.15, 0.2) is 18.2 Å². The summed E-state index contributed by atoms with van der Waals surface area (Å²) in [7, 11) is -1.52. The Labute approximate surface area is 107 Å². The molecule has 6 heteroatoms. The van der Waals surface area contributed by atoms with Crippen LogP contribution in [0, 0.1) is 5.82 Å². The molecule has 0 radical (unpaired) electrons. The molecule has 18 heavy (non-hydrogen) atoms. The van der Waals surface area contributed by atoms with Gasteiger partial charge >= 0.3 is 0 Å². The molecule has 0 aliphatic heterocycles. The Bertz CT molecular complexity index is 488. The number of hydrogen-bond acceptors (Lipinski definition) is 4. The second kappa shape index (κ2) is 6.58. The molecule has 0 atom stereocenters. The predicted octanol–water partition coefficient (Wildman–Crippen LogP) is 2.07. The van der Waals surface area contributed by atoms with Gasteiger partial charge in [0.25, 0.3) is 0 Å². The highest BCUT2D eigenvalue weighted by Crippen LogP contribution is 2.21. The Morgan fingerprint density at radius 2 is 2.11 bits per heavy atom. The molecule has 4 nitrogen and oxygen atoms in total. The Balaban J connectivity index is 2.45. The summed E-state index contributed by atoms with van der Waals surface area (Å²) in [5.41, 5.74) is 0.710. The first-order chi connectivity index (χ1) is 8.48. The van der Waals surface area contributed by atoms with Crippen LogP contribution in [0.1, 0.15) is 13.3 Å². The standard InChI is InChI=1S/C12H18FNO3S/c1-3-18(15,16)8-4-7-14-10-5-6-11(13)12(9-10)17-2/h5-6,9,14H,3-4,7-8H2,1-2H3. The minimum absolute atomic E-state index is 0.162. The minimum Gasteiger partial charge on any atom is -0.494 e. The molecule has 0 saturated carbocycles. The fourth-order valence-corrected chi connectivity index (χ4v) is 2.31. The van der Waals surface area contributed by atoms with E-state index in [4.69, 9.17) is 4.74 Å². The Morgan fingerprint density at radius 3 is 2.72 bits per heavy atom. The summed E-state index contributed by atoms with van der Waals surface area (Å²) < 4.78 is 40.5. The maximum atomic E-state index is 13.1. The number of anilines is 1. The average Bonchev–Trinajstić information content (AvgIpc) is 2.36. The fraction of sp³-hybridized carbons (Fsp3) is 0.500. The maximum absolute atomic E-state index is 13.1. The number of halogens is 1. The monoisotopic (exact) mass is 275 g/mol. The second-order valence-corrected chi connectivity index (χ2v) is 6.34. The number of ether oxygens (including phenoxy) is 1. The zero-order valence-corrected chi connectivity index (χ0v) is 11.4. The van der Waals surface area contributed by atoms with Crippen LogP contribution in [0.2, 0.25) is 0 Å². The lowest BCUT2D eigenvalue weighted by molar-refractivity contribution is 0.387. The van der Waals surface area contributed by atoms with Gasteiger partial charge in [-0.05, 0) is 18.6 Å². The molecule has 0 saturated heterocycles. The third-order valence-corrected chi connectivity index (χ3v) is 4.34. The van der Waals surface area contributed by atoms with E-state index in [1.54, 1.807) is 19.1 Å². The smallest absolute Gasteiger partial charge is 0.165 e. The van der Waals surface area contributed by atoms with E-state index in [1.807, 2.05) is 0 Å². The van der Waals surface area contributed by atoms with Crippen LogP contribution >= 0.6 is 0 Å². The molecule has 1 rings (SSSR count). The summed E-state index contributed by atoms with van der Waals surface area (Å²) in [6, 6.07) is 4.44. The van der Waals surface area contributed by atoms with Crippen LogP contribution in [0.5, 0.6) is 5.75 Å². The zero-order valence-electron chi connectivity index (χ0n) is 10.6. The highest BCUT2D eigenvalue weighted by atomic mass is 32.2. The van der Waals surface area contributed by atoms with E-state index in [-0.39, 0.29) is 17.3 Å². The zero-order chi connectivity index (χ0) is 13.6. The largest absolute Gasteiger partial charge is 0.494 e. The summed E-state index contributed by atoms with van der Waals surface area (Å²) in [5.74, 6) is 0.0736. The van der Waals surface area contributed by atoms with Crippen molar-refractivity contribution >= 4 is 15.5 Å². The molecular weight excluding hydrogens is 257 g/mol. The first-order valence-electron chi connectivity index (χ1n) is 5.76. The molecule has 0 aliphatic rings. The van der Waals surface area contributed by atoms with Gasteiger partial charge in [-0.25, -0.2) is 12.8 Å². The van der Waals surface area contributed by atoms with E-state index in [0.29, 0.717) is 18.7 Å². The van der Waals surface area contributed by atoms with Gasteiger partial charge < -0.3 is 10.1 Å². The number of benzene rings is 1. The van der Waals surface area contributed by atoms with Crippen LogP contribution in [0.3, 0.4) is 0 Å². The van der Waals surface area contributed by atoms with Crippen molar-refractivity contribution in [1.82, 2.24) is 0 Å². The summed E-state index contributed by atoms with van der Waals surface area (Å²) in [6.07, 6.45) is 0.524. The first-order valence-corrected chi connectivity index (χ1v) is 7.58. The average molecular weight is 275 g/mol. The number of sulfone groups is 1. The van der Waals surface area contributed by atoms with E-state index in [0.717, 1.165) is 0 Å². The van der Waals surface area contributed by atoms with Crippen LogP contribution in [0.25, 0.3) is 0 Å². The van der Waals surface area contributed by atoms with E-state index in [9.17, 15) is 12.8 Å². The number of nitrogens with one attached hydrogen (secondary N) is 1. The SMILES string of the molecule is CCS(=O)(=O)CCCNc1ccc(F)c(OC)c1. The maximum Gasteiger partial charge on any atom is 0.165 e. The van der Waals surface area contributed by atoms with Crippen molar-refractivity contribution in [3.05, 3.63) is 24.0 Å². The van der Waals surface area contributed by atoms with Crippen LogP contribution in [-0.4, -0.2) is 33.6 Å². The van der Waals surface area contributed by atoms with Gasteiger partial charge in [0.05, 0.1) is 12.9 Å². The third-order valence-electron chi connectivity index (χ3n) is 2.55. The summed E-state index contributed by atoms with van der Waals surface area (Å²) in [4.78, 5) is 0. The molecule has 0 unspecified atom stereocenters. The van der Waals surface area contributed by atoms with E-state index in [1.165, 1.54) is 13.2 Å². The summed E-state index contributed by atoms with van der Waals surface area (Å²) >= 11 is 0. The minimum atomic E-state index is -2.92. The number of methoxy groups -OCH3 is 1. The molecular formula is C12H18FNO3S. The Morgan fingerprint density at radius 1 is 1.39 bits per heavy atom. The van der Waals surface area contributed by atoms with Crippen molar-refractivity contribution < 1.29 is 17.5 Å². The van der Waals surface area contributed by atoms with Crippen molar-refractivity contribution in [2.24, 2.45) is 0 Å². The van der Waals surface area contributed by atoms with E-state index in [2.05, 4.69) is 5.32 Å². The molecule has 0 aromatic heterocycles. The van der Waals surface area contributed by atoms with Gasteiger partial charge in [-0.2, -0.15) is 0 Å². The topological polar surface area (TPSA) is 55.4 Å². The predicted molar refractivity (Wildman–Crippen MR) is 70.4 cm³/mol. The highest BCUT2D eigenvalue weighted by molar-refractivity contribution is 7.91. The lowest BCUT2D eigenvalue weighted by Crippen LogP contribution is -2.12. The fourth-order valence-electron chi connectivity index (χ4n) is 1.44. The molecule has 0 amide bonds. The van der Waals surface area contributed by atoms with Crippen molar-refractivity contribution in [1.29, 1.82) is 0 Å². The molecule has 1 N–H and O–H groups in total. The molecule has 0 bridgehead atoms. The molecule has 0 heterocycles. The molecule has 1 aromatic rings. The Kier molecular flexibility index (Phi) is 5.40. The van der Waals surface area contributed by atoms with E-state index < -0.39 is 15.7 Å². The molecule has 0 aliphatic carbocycles. The van der Waals surface area contributed by atoms with Crippen molar-refractivity contribution in [2.75, 3.05) is 30.5 Å². The normalized spacial score (nSPS) is 11.3. The second-order valence-electron chi connectivity index (χ2n) is 3.87. The molecule has 1 aromatic carbocycles. The third kappa shape index (κ3) is 4.52. The van der Waals surface area contributed by atoms with Gasteiger partial charge in [0.15, 0.2) is 11.6 Å². The van der Waals surface area contributed by atoms with Gasteiger partial charge in [-0.3, -0.25) is 0 Å². The highest BCUT2D eigenvalue weighted by Gasteiger charge is 2.07. The van der Waals surface area contributed by atoms with Crippen molar-refractivity contribution in [3.8, 4) is 5.75 Å².